The van der Waals surface area contributed by atoms with E-state index in [0.717, 1.165) is 22.3 Å². The van der Waals surface area contributed by atoms with Gasteiger partial charge in [0.15, 0.2) is 6.61 Å². The average molecular weight is 395 g/mol. The quantitative estimate of drug-likeness (QED) is 0.546. The summed E-state index contributed by atoms with van der Waals surface area (Å²) < 4.78 is 5.25. The topological polar surface area (TPSA) is 72.5 Å². The molecule has 0 saturated carbocycles. The smallest absolute Gasteiger partial charge is 0.329 e. The third-order valence-electron chi connectivity index (χ3n) is 4.93. The predicted molar refractivity (Wildman–Crippen MR) is 113 cm³/mol. The van der Waals surface area contributed by atoms with Gasteiger partial charge in [0.1, 0.15) is 6.04 Å². The molecular formula is C24H29NO4. The van der Waals surface area contributed by atoms with E-state index < -0.39 is 12.0 Å². The van der Waals surface area contributed by atoms with Gasteiger partial charge in [-0.15, -0.1) is 0 Å². The van der Waals surface area contributed by atoms with Gasteiger partial charge in [0, 0.05) is 5.56 Å². The van der Waals surface area contributed by atoms with Crippen LogP contribution in [0.3, 0.4) is 0 Å². The summed E-state index contributed by atoms with van der Waals surface area (Å²) in [5.74, 6) is -1.28. The van der Waals surface area contributed by atoms with Gasteiger partial charge in [0.25, 0.3) is 0 Å². The summed E-state index contributed by atoms with van der Waals surface area (Å²) in [6, 6.07) is 12.3. The Hall–Kier alpha value is -2.95. The Morgan fingerprint density at radius 2 is 1.55 bits per heavy atom. The van der Waals surface area contributed by atoms with E-state index in [4.69, 9.17) is 4.74 Å². The van der Waals surface area contributed by atoms with Crippen molar-refractivity contribution in [3.8, 4) is 0 Å². The van der Waals surface area contributed by atoms with Gasteiger partial charge in [-0.1, -0.05) is 50.2 Å². The minimum atomic E-state index is -0.806. The van der Waals surface area contributed by atoms with Crippen molar-refractivity contribution in [2.75, 3.05) is 6.61 Å². The summed E-state index contributed by atoms with van der Waals surface area (Å²) in [6.07, 6.45) is 0.179. The van der Waals surface area contributed by atoms with E-state index in [1.807, 2.05) is 77.1 Å². The molecule has 0 aliphatic heterocycles. The van der Waals surface area contributed by atoms with Crippen LogP contribution in [0, 0.1) is 26.7 Å². The molecule has 5 heteroatoms. The highest BCUT2D eigenvalue weighted by molar-refractivity contribution is 5.99. The Kier molecular flexibility index (Phi) is 7.71. The lowest BCUT2D eigenvalue weighted by molar-refractivity contribution is -0.148. The van der Waals surface area contributed by atoms with Gasteiger partial charge >= 0.3 is 5.97 Å². The fraction of sp³-hybridized carbons (Fsp3) is 0.375. The molecule has 154 valence electrons. The van der Waals surface area contributed by atoms with Crippen LogP contribution in [0.2, 0.25) is 0 Å². The standard InChI is InChI=1S/C24H29NO4/c1-15(2)23(25-22(27)13-19-9-7-6-8-10-19)24(28)29-14-21(26)20-12-17(4)16(3)11-18(20)5/h6-12,15,23H,13-14H2,1-5H3,(H,25,27)/t23-/m0/s1. The molecule has 0 aliphatic rings. The average Bonchev–Trinajstić information content (AvgIpc) is 2.67. The van der Waals surface area contributed by atoms with E-state index in [9.17, 15) is 14.4 Å². The summed E-state index contributed by atoms with van der Waals surface area (Å²) in [5, 5.41) is 2.73. The molecule has 0 aromatic heterocycles. The zero-order valence-electron chi connectivity index (χ0n) is 17.7. The number of amides is 1. The molecule has 0 radical (unpaired) electrons. The van der Waals surface area contributed by atoms with Crippen LogP contribution in [-0.2, 0) is 20.7 Å². The molecule has 2 rings (SSSR count). The molecule has 1 atom stereocenters. The molecule has 0 fully saturated rings. The van der Waals surface area contributed by atoms with Gasteiger partial charge in [-0.25, -0.2) is 4.79 Å². The molecule has 5 nitrogen and oxygen atoms in total. The van der Waals surface area contributed by atoms with Gasteiger partial charge in [-0.3, -0.25) is 9.59 Å². The van der Waals surface area contributed by atoms with E-state index in [-0.39, 0.29) is 30.6 Å². The number of aryl methyl sites for hydroxylation is 3. The third kappa shape index (κ3) is 6.28. The molecule has 29 heavy (non-hydrogen) atoms. The molecule has 0 saturated heterocycles. The largest absolute Gasteiger partial charge is 0.456 e. The molecule has 1 amide bonds. The van der Waals surface area contributed by atoms with Crippen LogP contribution in [0.4, 0.5) is 0 Å². The number of ether oxygens (including phenoxy) is 1. The lowest BCUT2D eigenvalue weighted by Gasteiger charge is -2.21. The van der Waals surface area contributed by atoms with Crippen LogP contribution in [0.1, 0.15) is 46.5 Å². The minimum Gasteiger partial charge on any atom is -0.456 e. The Morgan fingerprint density at radius 1 is 0.931 bits per heavy atom. The van der Waals surface area contributed by atoms with Crippen LogP contribution in [0.15, 0.2) is 42.5 Å². The lowest BCUT2D eigenvalue weighted by atomic mass is 9.98. The van der Waals surface area contributed by atoms with Gasteiger partial charge in [-0.2, -0.15) is 0 Å². The third-order valence-corrected chi connectivity index (χ3v) is 4.93. The number of ketones is 1. The first-order chi connectivity index (χ1) is 13.7. The van der Waals surface area contributed by atoms with Crippen LogP contribution in [0.25, 0.3) is 0 Å². The second-order valence-electron chi connectivity index (χ2n) is 7.73. The van der Waals surface area contributed by atoms with Crippen molar-refractivity contribution < 1.29 is 19.1 Å². The molecule has 0 spiro atoms. The van der Waals surface area contributed by atoms with Gasteiger partial charge in [0.2, 0.25) is 11.7 Å². The van der Waals surface area contributed by atoms with E-state index in [0.29, 0.717) is 5.56 Å². The maximum atomic E-state index is 12.5. The molecule has 0 heterocycles. The van der Waals surface area contributed by atoms with E-state index >= 15 is 0 Å². The monoisotopic (exact) mass is 395 g/mol. The molecular weight excluding hydrogens is 366 g/mol. The second-order valence-corrected chi connectivity index (χ2v) is 7.73. The zero-order valence-corrected chi connectivity index (χ0v) is 17.7. The highest BCUT2D eigenvalue weighted by Gasteiger charge is 2.26. The number of hydrogen-bond acceptors (Lipinski definition) is 4. The van der Waals surface area contributed by atoms with Crippen molar-refractivity contribution in [1.29, 1.82) is 0 Å². The SMILES string of the molecule is Cc1cc(C)c(C(=O)COC(=O)[C@@H](NC(=O)Cc2ccccc2)C(C)C)cc1C. The first-order valence-electron chi connectivity index (χ1n) is 9.80. The summed E-state index contributed by atoms with van der Waals surface area (Å²) in [4.78, 5) is 37.4. The Balaban J connectivity index is 1.98. The first-order valence-corrected chi connectivity index (χ1v) is 9.80. The maximum Gasteiger partial charge on any atom is 0.329 e. The van der Waals surface area contributed by atoms with Crippen LogP contribution in [0.5, 0.6) is 0 Å². The number of carbonyl (C=O) groups is 3. The lowest BCUT2D eigenvalue weighted by Crippen LogP contribution is -2.46. The van der Waals surface area contributed by atoms with E-state index in [2.05, 4.69) is 5.32 Å². The van der Waals surface area contributed by atoms with Crippen LogP contribution < -0.4 is 5.32 Å². The first kappa shape index (κ1) is 22.3. The number of carbonyl (C=O) groups excluding carboxylic acids is 3. The van der Waals surface area contributed by atoms with Crippen molar-refractivity contribution >= 4 is 17.7 Å². The summed E-state index contributed by atoms with van der Waals surface area (Å²) in [6.45, 7) is 9.09. The fourth-order valence-electron chi connectivity index (χ4n) is 3.07. The van der Waals surface area contributed by atoms with Gasteiger partial charge in [0.05, 0.1) is 6.42 Å². The van der Waals surface area contributed by atoms with E-state index in [1.165, 1.54) is 0 Å². The zero-order chi connectivity index (χ0) is 21.6. The number of esters is 1. The van der Waals surface area contributed by atoms with Crippen molar-refractivity contribution in [3.05, 3.63) is 70.3 Å². The summed E-state index contributed by atoms with van der Waals surface area (Å²) in [5.41, 5.74) is 4.39. The van der Waals surface area contributed by atoms with Gasteiger partial charge in [-0.05, 0) is 55.0 Å². The second kappa shape index (κ2) is 10.0. The number of nitrogens with one attached hydrogen (secondary N) is 1. The Labute approximate surface area is 172 Å². The minimum absolute atomic E-state index is 0.166. The normalized spacial score (nSPS) is 11.8. The number of Topliss-reactive ketones (excluding diaryl/α,β-unsaturated/α-hetero) is 1. The molecule has 2 aromatic carbocycles. The molecule has 0 unspecified atom stereocenters. The molecule has 0 aliphatic carbocycles. The number of rotatable bonds is 8. The summed E-state index contributed by atoms with van der Waals surface area (Å²) >= 11 is 0. The number of hydrogen-bond donors (Lipinski definition) is 1. The maximum absolute atomic E-state index is 12.5. The van der Waals surface area contributed by atoms with Crippen LogP contribution in [-0.4, -0.2) is 30.3 Å². The van der Waals surface area contributed by atoms with Crippen molar-refractivity contribution in [1.82, 2.24) is 5.32 Å². The van der Waals surface area contributed by atoms with Crippen molar-refractivity contribution in [2.24, 2.45) is 5.92 Å². The summed E-state index contributed by atoms with van der Waals surface area (Å²) in [7, 11) is 0. The van der Waals surface area contributed by atoms with Crippen molar-refractivity contribution in [3.63, 3.8) is 0 Å². The van der Waals surface area contributed by atoms with Gasteiger partial charge < -0.3 is 10.1 Å². The molecule has 1 N–H and O–H groups in total. The van der Waals surface area contributed by atoms with Crippen LogP contribution >= 0.6 is 0 Å². The Morgan fingerprint density at radius 3 is 2.17 bits per heavy atom. The molecule has 2 aromatic rings. The fourth-order valence-corrected chi connectivity index (χ4v) is 3.07. The highest BCUT2D eigenvalue weighted by atomic mass is 16.5. The Bertz CT molecular complexity index is 887. The predicted octanol–water partition coefficient (Wildman–Crippen LogP) is 3.72. The van der Waals surface area contributed by atoms with Crippen molar-refractivity contribution in [2.45, 2.75) is 47.1 Å². The van der Waals surface area contributed by atoms with E-state index in [1.54, 1.807) is 0 Å². The molecule has 0 bridgehead atoms. The number of benzene rings is 2. The highest BCUT2D eigenvalue weighted by Crippen LogP contribution is 2.16.